The Morgan fingerprint density at radius 1 is 1.14 bits per heavy atom. The summed E-state index contributed by atoms with van der Waals surface area (Å²) in [5.41, 5.74) is 1.39. The minimum Gasteiger partial charge on any atom is -0.479 e. The highest BCUT2D eigenvalue weighted by atomic mass is 16.5. The second-order valence-electron chi connectivity index (χ2n) is 5.57. The molecular weight excluding hydrogens is 358 g/mol. The third-order valence-electron chi connectivity index (χ3n) is 3.56. The van der Waals surface area contributed by atoms with Crippen LogP contribution in [0, 0.1) is 22.7 Å². The first-order valence-corrected chi connectivity index (χ1v) is 8.32. The summed E-state index contributed by atoms with van der Waals surface area (Å²) in [6, 6.07) is 17.2. The van der Waals surface area contributed by atoms with Gasteiger partial charge in [0.15, 0.2) is 12.7 Å². The van der Waals surface area contributed by atoms with Crippen molar-refractivity contribution in [2.45, 2.75) is 13.0 Å². The zero-order valence-corrected chi connectivity index (χ0v) is 15.1. The average molecular weight is 375 g/mol. The van der Waals surface area contributed by atoms with Gasteiger partial charge in [0, 0.05) is 6.08 Å². The van der Waals surface area contributed by atoms with E-state index in [1.807, 2.05) is 12.1 Å². The lowest BCUT2D eigenvalue weighted by Crippen LogP contribution is -2.29. The van der Waals surface area contributed by atoms with Gasteiger partial charge in [0.1, 0.15) is 17.9 Å². The number of hydrogen-bond acceptors (Lipinski definition) is 6. The molecule has 140 valence electrons. The maximum atomic E-state index is 12.2. The van der Waals surface area contributed by atoms with Crippen LogP contribution in [0.3, 0.4) is 0 Å². The van der Waals surface area contributed by atoms with Gasteiger partial charge in [-0.2, -0.15) is 10.5 Å². The Hall–Kier alpha value is -4.10. The first-order chi connectivity index (χ1) is 13.5. The van der Waals surface area contributed by atoms with E-state index >= 15 is 0 Å². The van der Waals surface area contributed by atoms with Gasteiger partial charge in [-0.05, 0) is 42.8 Å². The summed E-state index contributed by atoms with van der Waals surface area (Å²) in [5.74, 6) is -0.673. The van der Waals surface area contributed by atoms with E-state index in [1.165, 1.54) is 19.1 Å². The van der Waals surface area contributed by atoms with E-state index < -0.39 is 18.0 Å². The maximum absolute atomic E-state index is 12.2. The van der Waals surface area contributed by atoms with Crippen LogP contribution in [-0.2, 0) is 14.3 Å². The van der Waals surface area contributed by atoms with Gasteiger partial charge < -0.3 is 14.8 Å². The first-order valence-electron chi connectivity index (χ1n) is 8.32. The number of benzene rings is 2. The predicted molar refractivity (Wildman–Crippen MR) is 102 cm³/mol. The van der Waals surface area contributed by atoms with Crippen molar-refractivity contribution < 1.29 is 19.1 Å². The lowest BCUT2D eigenvalue weighted by Gasteiger charge is -2.13. The molecule has 1 unspecified atom stereocenters. The summed E-state index contributed by atoms with van der Waals surface area (Å²) in [6.07, 6.45) is 1.70. The minimum atomic E-state index is -1.04. The molecule has 0 saturated heterocycles. The van der Waals surface area contributed by atoms with Crippen LogP contribution < -0.4 is 10.1 Å². The van der Waals surface area contributed by atoms with Crippen LogP contribution in [0.5, 0.6) is 5.75 Å². The van der Waals surface area contributed by atoms with Crippen LogP contribution in [0.2, 0.25) is 0 Å². The van der Waals surface area contributed by atoms with Gasteiger partial charge in [0.05, 0.1) is 11.3 Å². The number of esters is 1. The Morgan fingerprint density at radius 2 is 1.86 bits per heavy atom. The number of hydrogen-bond donors (Lipinski definition) is 1. The van der Waals surface area contributed by atoms with E-state index in [9.17, 15) is 9.59 Å². The quantitative estimate of drug-likeness (QED) is 0.588. The smallest absolute Gasteiger partial charge is 0.331 e. The first kappa shape index (κ1) is 20.2. The monoisotopic (exact) mass is 375 g/mol. The molecule has 0 bridgehead atoms. The Labute approximate surface area is 162 Å². The summed E-state index contributed by atoms with van der Waals surface area (Å²) < 4.78 is 10.2. The molecule has 0 aliphatic heterocycles. The lowest BCUT2D eigenvalue weighted by molar-refractivity contribution is -0.148. The molecule has 2 aromatic rings. The van der Waals surface area contributed by atoms with E-state index in [0.717, 1.165) is 5.56 Å². The van der Waals surface area contributed by atoms with Gasteiger partial charge in [-0.1, -0.05) is 24.3 Å². The fourth-order valence-electron chi connectivity index (χ4n) is 2.15. The molecule has 0 radical (unpaired) electrons. The second-order valence-corrected chi connectivity index (χ2v) is 5.57. The van der Waals surface area contributed by atoms with Crippen LogP contribution in [0.1, 0.15) is 18.1 Å². The average Bonchev–Trinajstić information content (AvgIpc) is 2.71. The topological polar surface area (TPSA) is 112 Å². The van der Waals surface area contributed by atoms with E-state index in [4.69, 9.17) is 20.0 Å². The number of amides is 1. The zero-order chi connectivity index (χ0) is 20.4. The minimum absolute atomic E-state index is 0.0414. The number of nitrogens with one attached hydrogen (secondary N) is 1. The Balaban J connectivity index is 1.89. The van der Waals surface area contributed by atoms with Crippen molar-refractivity contribution >= 4 is 23.6 Å². The number of ether oxygens (including phenoxy) is 2. The molecule has 7 heteroatoms. The standard InChI is InChI=1S/C21H17N3O4/c1-15(21(26)24-19-5-3-2-4-17(19)14-23)28-20(25)11-8-16-6-9-18(10-7-16)27-13-12-22/h2-11,15H,13H2,1H3,(H,24,26)/b11-8+. The molecule has 0 saturated carbocycles. The normalized spacial score (nSPS) is 11.1. The molecule has 0 aromatic heterocycles. The van der Waals surface area contributed by atoms with Gasteiger partial charge in [0.25, 0.3) is 5.91 Å². The van der Waals surface area contributed by atoms with Crippen molar-refractivity contribution in [3.8, 4) is 17.9 Å². The van der Waals surface area contributed by atoms with Crippen molar-refractivity contribution in [3.05, 3.63) is 65.7 Å². The lowest BCUT2D eigenvalue weighted by atomic mass is 10.2. The number of anilines is 1. The van der Waals surface area contributed by atoms with Crippen LogP contribution in [0.4, 0.5) is 5.69 Å². The van der Waals surface area contributed by atoms with Gasteiger partial charge in [-0.25, -0.2) is 4.79 Å². The van der Waals surface area contributed by atoms with Crippen molar-refractivity contribution in [1.29, 1.82) is 10.5 Å². The molecule has 0 aliphatic rings. The zero-order valence-electron chi connectivity index (χ0n) is 15.1. The third kappa shape index (κ3) is 6.01. The third-order valence-corrected chi connectivity index (χ3v) is 3.56. The van der Waals surface area contributed by atoms with Crippen molar-refractivity contribution in [2.75, 3.05) is 11.9 Å². The van der Waals surface area contributed by atoms with Crippen molar-refractivity contribution in [2.24, 2.45) is 0 Å². The molecule has 2 aromatic carbocycles. The van der Waals surface area contributed by atoms with Crippen LogP contribution in [0.15, 0.2) is 54.6 Å². The summed E-state index contributed by atoms with van der Waals surface area (Å²) in [4.78, 5) is 24.1. The van der Waals surface area contributed by atoms with Crippen molar-refractivity contribution in [1.82, 2.24) is 0 Å². The van der Waals surface area contributed by atoms with Gasteiger partial charge >= 0.3 is 5.97 Å². The van der Waals surface area contributed by atoms with E-state index in [-0.39, 0.29) is 6.61 Å². The molecule has 0 fully saturated rings. The second kappa shape index (κ2) is 10.1. The molecule has 0 aliphatic carbocycles. The van der Waals surface area contributed by atoms with Crippen LogP contribution in [-0.4, -0.2) is 24.6 Å². The molecule has 0 spiro atoms. The Kier molecular flexibility index (Phi) is 7.33. The number of rotatable bonds is 7. The van der Waals surface area contributed by atoms with Crippen LogP contribution in [0.25, 0.3) is 6.08 Å². The predicted octanol–water partition coefficient (Wildman–Crippen LogP) is 3.04. The highest BCUT2D eigenvalue weighted by Crippen LogP contribution is 2.15. The molecule has 1 N–H and O–H groups in total. The van der Waals surface area contributed by atoms with Gasteiger partial charge in [0.2, 0.25) is 0 Å². The van der Waals surface area contributed by atoms with E-state index in [2.05, 4.69) is 5.32 Å². The summed E-state index contributed by atoms with van der Waals surface area (Å²) in [6.45, 7) is 1.40. The largest absolute Gasteiger partial charge is 0.479 e. The SMILES string of the molecule is CC(OC(=O)/C=C/c1ccc(OCC#N)cc1)C(=O)Nc1ccccc1C#N. The maximum Gasteiger partial charge on any atom is 0.331 e. The fourth-order valence-corrected chi connectivity index (χ4v) is 2.15. The molecule has 0 heterocycles. The number of nitrogens with zero attached hydrogens (tertiary/aromatic N) is 2. The van der Waals surface area contributed by atoms with Crippen molar-refractivity contribution in [3.63, 3.8) is 0 Å². The van der Waals surface area contributed by atoms with Crippen LogP contribution >= 0.6 is 0 Å². The summed E-state index contributed by atoms with van der Waals surface area (Å²) in [5, 5.41) is 20.1. The molecule has 1 atom stereocenters. The summed E-state index contributed by atoms with van der Waals surface area (Å²) in [7, 11) is 0. The highest BCUT2D eigenvalue weighted by Gasteiger charge is 2.17. The summed E-state index contributed by atoms with van der Waals surface area (Å²) >= 11 is 0. The molecule has 2 rings (SSSR count). The number of nitriles is 2. The molecule has 28 heavy (non-hydrogen) atoms. The highest BCUT2D eigenvalue weighted by molar-refractivity contribution is 5.97. The Bertz CT molecular complexity index is 953. The molecule has 7 nitrogen and oxygen atoms in total. The van der Waals surface area contributed by atoms with Gasteiger partial charge in [-0.3, -0.25) is 4.79 Å². The Morgan fingerprint density at radius 3 is 2.54 bits per heavy atom. The number of carbonyl (C=O) groups excluding carboxylic acids is 2. The molecule has 1 amide bonds. The number of para-hydroxylation sites is 1. The molecular formula is C21H17N3O4. The van der Waals surface area contributed by atoms with E-state index in [1.54, 1.807) is 48.5 Å². The van der Waals surface area contributed by atoms with E-state index in [0.29, 0.717) is 17.0 Å². The fraction of sp³-hybridized carbons (Fsp3) is 0.143. The number of carbonyl (C=O) groups is 2. The van der Waals surface area contributed by atoms with Gasteiger partial charge in [-0.15, -0.1) is 0 Å².